The molecule has 0 fully saturated rings. The standard InChI is InChI=1S/C27H31N3O3/c1-32-15-14-30-17-18(20-6-3-4-9-25(20)30)10-13-26(31)28-24-8-5-7-21-22-16-19(33-2)11-12-23(22)29-27(21)24/h3-4,6,9,11-12,16-17,24,29H,5,7-8,10,13-15H2,1-2H3,(H,28,31)/t24-/m1/s1. The van der Waals surface area contributed by atoms with Crippen LogP contribution in [0.5, 0.6) is 5.75 Å². The third-order valence-corrected chi connectivity index (χ3v) is 6.78. The fourth-order valence-electron chi connectivity index (χ4n) is 5.12. The van der Waals surface area contributed by atoms with Crippen LogP contribution in [0.3, 0.4) is 0 Å². The molecule has 6 heteroatoms. The average Bonchev–Trinajstić information content (AvgIpc) is 3.40. The van der Waals surface area contributed by atoms with Crippen molar-refractivity contribution in [3.05, 3.63) is 65.5 Å². The number of fused-ring (bicyclic) bond motifs is 4. The first-order chi connectivity index (χ1) is 16.2. The largest absolute Gasteiger partial charge is 0.497 e. The molecule has 2 aromatic carbocycles. The quantitative estimate of drug-likeness (QED) is 0.405. The van der Waals surface area contributed by atoms with Crippen LogP contribution in [0.4, 0.5) is 0 Å². The highest BCUT2D eigenvalue weighted by Crippen LogP contribution is 2.36. The van der Waals surface area contributed by atoms with Crippen LogP contribution < -0.4 is 10.1 Å². The van der Waals surface area contributed by atoms with Crippen LogP contribution in [0.1, 0.15) is 42.1 Å². The first-order valence-electron chi connectivity index (χ1n) is 11.7. The SMILES string of the molecule is COCCn1cc(CCC(=O)N[C@@H]2CCCc3c2[nH]c2ccc(OC)cc32)c2ccccc21. The predicted molar refractivity (Wildman–Crippen MR) is 131 cm³/mol. The van der Waals surface area contributed by atoms with E-state index in [2.05, 4.69) is 57.5 Å². The van der Waals surface area contributed by atoms with Crippen molar-refractivity contribution in [3.63, 3.8) is 0 Å². The fourth-order valence-corrected chi connectivity index (χ4v) is 5.12. The molecule has 6 nitrogen and oxygen atoms in total. The summed E-state index contributed by atoms with van der Waals surface area (Å²) in [7, 11) is 3.41. The number of carbonyl (C=O) groups excluding carboxylic acids is 1. The molecule has 4 aromatic rings. The Hall–Kier alpha value is -3.25. The molecule has 1 aliphatic carbocycles. The smallest absolute Gasteiger partial charge is 0.220 e. The highest BCUT2D eigenvalue weighted by Gasteiger charge is 2.25. The maximum atomic E-state index is 13.0. The van der Waals surface area contributed by atoms with Gasteiger partial charge in [0.25, 0.3) is 0 Å². The predicted octanol–water partition coefficient (Wildman–Crippen LogP) is 4.90. The number of para-hydroxylation sites is 1. The molecule has 1 atom stereocenters. The van der Waals surface area contributed by atoms with Gasteiger partial charge in [-0.2, -0.15) is 0 Å². The van der Waals surface area contributed by atoms with Gasteiger partial charge in [0, 0.05) is 53.8 Å². The Bertz CT molecular complexity index is 1290. The molecular formula is C27H31N3O3. The van der Waals surface area contributed by atoms with Crippen LogP contribution in [0.15, 0.2) is 48.7 Å². The van der Waals surface area contributed by atoms with E-state index in [9.17, 15) is 4.79 Å². The minimum atomic E-state index is 0.0303. The number of hydrogen-bond donors (Lipinski definition) is 2. The van der Waals surface area contributed by atoms with Crippen molar-refractivity contribution in [1.82, 2.24) is 14.9 Å². The maximum Gasteiger partial charge on any atom is 0.220 e. The van der Waals surface area contributed by atoms with Gasteiger partial charge in [0.15, 0.2) is 0 Å². The van der Waals surface area contributed by atoms with Crippen LogP contribution in [-0.4, -0.2) is 36.3 Å². The Morgan fingerprint density at radius 1 is 1.18 bits per heavy atom. The fraction of sp³-hybridized carbons (Fsp3) is 0.370. The van der Waals surface area contributed by atoms with Crippen LogP contribution in [-0.2, 0) is 28.9 Å². The summed E-state index contributed by atoms with van der Waals surface area (Å²) in [6.07, 6.45) is 6.40. The first-order valence-corrected chi connectivity index (χ1v) is 11.7. The summed E-state index contributed by atoms with van der Waals surface area (Å²) in [5, 5.41) is 5.71. The Balaban J connectivity index is 1.30. The van der Waals surface area contributed by atoms with Crippen molar-refractivity contribution in [3.8, 4) is 5.75 Å². The number of benzene rings is 2. The summed E-state index contributed by atoms with van der Waals surface area (Å²) in [6.45, 7) is 1.47. The summed E-state index contributed by atoms with van der Waals surface area (Å²) in [5.41, 5.74) is 5.95. The zero-order valence-electron chi connectivity index (χ0n) is 19.3. The van der Waals surface area contributed by atoms with Crippen molar-refractivity contribution >= 4 is 27.7 Å². The van der Waals surface area contributed by atoms with Crippen molar-refractivity contribution in [2.45, 2.75) is 44.7 Å². The van der Waals surface area contributed by atoms with Crippen LogP contribution in [0.25, 0.3) is 21.8 Å². The van der Waals surface area contributed by atoms with Gasteiger partial charge in [-0.1, -0.05) is 18.2 Å². The number of H-pyrrole nitrogens is 1. The number of aryl methyl sites for hydroxylation is 2. The van der Waals surface area contributed by atoms with E-state index in [-0.39, 0.29) is 11.9 Å². The monoisotopic (exact) mass is 445 g/mol. The summed E-state index contributed by atoms with van der Waals surface area (Å²) in [4.78, 5) is 16.5. The second kappa shape index (κ2) is 9.32. The minimum absolute atomic E-state index is 0.0303. The highest BCUT2D eigenvalue weighted by atomic mass is 16.5. The van der Waals surface area contributed by atoms with Gasteiger partial charge in [-0.25, -0.2) is 0 Å². The lowest BCUT2D eigenvalue weighted by Crippen LogP contribution is -2.31. The van der Waals surface area contributed by atoms with E-state index in [0.29, 0.717) is 13.0 Å². The number of amides is 1. The molecule has 1 aliphatic rings. The third-order valence-electron chi connectivity index (χ3n) is 6.78. The summed E-state index contributed by atoms with van der Waals surface area (Å²) in [6, 6.07) is 14.5. The van der Waals surface area contributed by atoms with E-state index >= 15 is 0 Å². The normalized spacial score (nSPS) is 15.6. The molecule has 2 aromatic heterocycles. The van der Waals surface area contributed by atoms with Gasteiger partial charge in [0.05, 0.1) is 19.8 Å². The van der Waals surface area contributed by atoms with E-state index in [1.807, 2.05) is 6.07 Å². The molecule has 0 saturated carbocycles. The number of methoxy groups -OCH3 is 2. The second-order valence-corrected chi connectivity index (χ2v) is 8.80. The number of carbonyl (C=O) groups is 1. The van der Waals surface area contributed by atoms with Gasteiger partial charge < -0.3 is 24.3 Å². The van der Waals surface area contributed by atoms with Gasteiger partial charge >= 0.3 is 0 Å². The van der Waals surface area contributed by atoms with E-state index in [0.717, 1.165) is 49.2 Å². The molecule has 0 radical (unpaired) electrons. The highest BCUT2D eigenvalue weighted by molar-refractivity contribution is 5.87. The molecule has 0 spiro atoms. The second-order valence-electron chi connectivity index (χ2n) is 8.80. The minimum Gasteiger partial charge on any atom is -0.497 e. The Labute approximate surface area is 193 Å². The Morgan fingerprint density at radius 3 is 2.91 bits per heavy atom. The molecule has 2 heterocycles. The summed E-state index contributed by atoms with van der Waals surface area (Å²) >= 11 is 0. The number of nitrogens with zero attached hydrogens (tertiary/aromatic N) is 1. The lowest BCUT2D eigenvalue weighted by molar-refractivity contribution is -0.121. The van der Waals surface area contributed by atoms with Crippen molar-refractivity contribution < 1.29 is 14.3 Å². The van der Waals surface area contributed by atoms with Crippen molar-refractivity contribution in [2.75, 3.05) is 20.8 Å². The van der Waals surface area contributed by atoms with Gasteiger partial charge in [0.1, 0.15) is 5.75 Å². The molecule has 172 valence electrons. The van der Waals surface area contributed by atoms with Gasteiger partial charge in [-0.3, -0.25) is 4.79 Å². The van der Waals surface area contributed by atoms with Gasteiger partial charge in [-0.15, -0.1) is 0 Å². The van der Waals surface area contributed by atoms with Crippen molar-refractivity contribution in [2.24, 2.45) is 0 Å². The molecular weight excluding hydrogens is 414 g/mol. The number of hydrogen-bond acceptors (Lipinski definition) is 3. The average molecular weight is 446 g/mol. The van der Waals surface area contributed by atoms with Crippen LogP contribution in [0, 0.1) is 0 Å². The number of rotatable bonds is 8. The molecule has 0 bridgehead atoms. The van der Waals surface area contributed by atoms with E-state index in [1.165, 1.54) is 27.4 Å². The number of nitrogens with one attached hydrogen (secondary N) is 2. The summed E-state index contributed by atoms with van der Waals surface area (Å²) < 4.78 is 12.9. The molecule has 1 amide bonds. The van der Waals surface area contributed by atoms with Gasteiger partial charge in [0.2, 0.25) is 5.91 Å². The van der Waals surface area contributed by atoms with E-state index in [1.54, 1.807) is 14.2 Å². The number of aromatic nitrogens is 2. The molecule has 2 N–H and O–H groups in total. The Kier molecular flexibility index (Phi) is 6.09. The summed E-state index contributed by atoms with van der Waals surface area (Å²) in [5.74, 6) is 0.956. The topological polar surface area (TPSA) is 68.3 Å². The molecule has 0 aliphatic heterocycles. The zero-order chi connectivity index (χ0) is 22.8. The lowest BCUT2D eigenvalue weighted by Gasteiger charge is -2.24. The third kappa shape index (κ3) is 4.23. The number of aromatic amines is 1. The Morgan fingerprint density at radius 2 is 2.06 bits per heavy atom. The van der Waals surface area contributed by atoms with Crippen LogP contribution in [0.2, 0.25) is 0 Å². The van der Waals surface area contributed by atoms with E-state index in [4.69, 9.17) is 9.47 Å². The number of ether oxygens (including phenoxy) is 2. The molecule has 0 saturated heterocycles. The van der Waals surface area contributed by atoms with Crippen molar-refractivity contribution in [1.29, 1.82) is 0 Å². The first kappa shape index (κ1) is 21.6. The zero-order valence-corrected chi connectivity index (χ0v) is 19.3. The lowest BCUT2D eigenvalue weighted by atomic mass is 9.91. The van der Waals surface area contributed by atoms with Crippen LogP contribution >= 0.6 is 0 Å². The molecule has 33 heavy (non-hydrogen) atoms. The molecule has 0 unspecified atom stereocenters. The maximum absolute atomic E-state index is 13.0. The van der Waals surface area contributed by atoms with E-state index < -0.39 is 0 Å². The van der Waals surface area contributed by atoms with Gasteiger partial charge in [-0.05, 0) is 61.1 Å². The molecule has 5 rings (SSSR count).